The van der Waals surface area contributed by atoms with Gasteiger partial charge >= 0.3 is 5.63 Å². The monoisotopic (exact) mass is 412 g/mol. The molecule has 5 N–H and O–H groups in total. The lowest BCUT2D eigenvalue weighted by atomic mass is 10.1. The van der Waals surface area contributed by atoms with Crippen molar-refractivity contribution in [1.82, 2.24) is 0 Å². The number of hydrogen-bond donors (Lipinski definition) is 3. The molecule has 3 aromatic rings. The number of allylic oxidation sites excluding steroid dienone is 1. The summed E-state index contributed by atoms with van der Waals surface area (Å²) in [7, 11) is -3.98. The van der Waals surface area contributed by atoms with Crippen molar-refractivity contribution in [3.63, 3.8) is 0 Å². The fraction of sp³-hybridized carbons (Fsp3) is 0. The Kier molecular flexibility index (Phi) is 5.46. The minimum absolute atomic E-state index is 0.0923. The highest BCUT2D eigenvalue weighted by molar-refractivity contribution is 7.90. The van der Waals surface area contributed by atoms with E-state index in [1.165, 1.54) is 42.6 Å². The maximum absolute atomic E-state index is 12.3. The number of benzene rings is 2. The van der Waals surface area contributed by atoms with E-state index in [9.17, 15) is 18.0 Å². The largest absolute Gasteiger partial charge is 0.422 e. The summed E-state index contributed by atoms with van der Waals surface area (Å²) in [6.07, 6.45) is 2.50. The number of sulfonamides is 1. The second-order valence-electron chi connectivity index (χ2n) is 5.84. The summed E-state index contributed by atoms with van der Waals surface area (Å²) in [5, 5.41) is 3.44. The molecule has 0 unspecified atom stereocenters. The van der Waals surface area contributed by atoms with Gasteiger partial charge in [-0.15, -0.1) is 4.40 Å². The van der Waals surface area contributed by atoms with E-state index >= 15 is 0 Å². The van der Waals surface area contributed by atoms with Crippen molar-refractivity contribution >= 4 is 38.4 Å². The van der Waals surface area contributed by atoms with Crippen molar-refractivity contribution in [3.05, 3.63) is 82.9 Å². The van der Waals surface area contributed by atoms with E-state index in [0.717, 1.165) is 0 Å². The van der Waals surface area contributed by atoms with Crippen LogP contribution >= 0.6 is 0 Å². The molecule has 0 bridgehead atoms. The Morgan fingerprint density at radius 2 is 1.76 bits per heavy atom. The molecule has 0 aliphatic carbocycles. The molecule has 3 rings (SSSR count). The van der Waals surface area contributed by atoms with Crippen molar-refractivity contribution in [2.45, 2.75) is 4.90 Å². The first kappa shape index (κ1) is 19.8. The average Bonchev–Trinajstić information content (AvgIpc) is 2.66. The van der Waals surface area contributed by atoms with E-state index in [1.54, 1.807) is 24.3 Å². The number of guanidine groups is 1. The third-order valence-corrected chi connectivity index (χ3v) is 5.09. The molecule has 0 radical (unpaired) electrons. The van der Waals surface area contributed by atoms with E-state index in [-0.39, 0.29) is 10.5 Å². The van der Waals surface area contributed by atoms with Crippen LogP contribution in [0.2, 0.25) is 0 Å². The van der Waals surface area contributed by atoms with Crippen LogP contribution in [0.5, 0.6) is 0 Å². The Hall–Kier alpha value is -3.92. The summed E-state index contributed by atoms with van der Waals surface area (Å²) in [5.41, 5.74) is 10.3. The van der Waals surface area contributed by atoms with Crippen LogP contribution in [0.3, 0.4) is 0 Å². The van der Waals surface area contributed by atoms with Crippen LogP contribution in [-0.2, 0) is 10.0 Å². The molecule has 0 amide bonds. The molecule has 0 saturated carbocycles. The summed E-state index contributed by atoms with van der Waals surface area (Å²) in [6, 6.07) is 13.9. The van der Waals surface area contributed by atoms with Crippen molar-refractivity contribution in [2.75, 3.05) is 5.32 Å². The summed E-state index contributed by atoms with van der Waals surface area (Å²) >= 11 is 0. The number of nitrogens with zero attached hydrogens (tertiary/aromatic N) is 1. The van der Waals surface area contributed by atoms with Gasteiger partial charge in [-0.25, -0.2) is 4.79 Å². The molecule has 0 saturated heterocycles. The van der Waals surface area contributed by atoms with Crippen LogP contribution < -0.4 is 22.4 Å². The number of nitrogens with one attached hydrogen (secondary N) is 1. The van der Waals surface area contributed by atoms with Crippen molar-refractivity contribution in [2.24, 2.45) is 15.9 Å². The molecule has 0 atom stereocenters. The van der Waals surface area contributed by atoms with Crippen LogP contribution in [0.15, 0.2) is 85.4 Å². The van der Waals surface area contributed by atoms with Gasteiger partial charge in [0, 0.05) is 23.3 Å². The van der Waals surface area contributed by atoms with E-state index in [2.05, 4.69) is 9.71 Å². The van der Waals surface area contributed by atoms with Crippen LogP contribution in [-0.4, -0.2) is 20.2 Å². The maximum atomic E-state index is 12.3. The Morgan fingerprint density at radius 1 is 1.07 bits per heavy atom. The van der Waals surface area contributed by atoms with Gasteiger partial charge in [-0.3, -0.25) is 4.79 Å². The SMILES string of the molecule is NC(N)=NS(=O)(=O)c1ccc(N/C=C\C(=O)c2cc3ccccc3oc2=O)cc1. The molecule has 29 heavy (non-hydrogen) atoms. The zero-order valence-corrected chi connectivity index (χ0v) is 15.7. The summed E-state index contributed by atoms with van der Waals surface area (Å²) in [5.74, 6) is -1.10. The average molecular weight is 412 g/mol. The van der Waals surface area contributed by atoms with Gasteiger partial charge in [-0.2, -0.15) is 8.42 Å². The standard InChI is InChI=1S/C19H16N4O5S/c20-19(21)23-29(26,27)14-7-5-13(6-8-14)22-10-9-16(24)15-11-12-3-1-2-4-17(12)28-18(15)25/h1-11,22H,(H4,20,21,23)/b10-9-. The van der Waals surface area contributed by atoms with Crippen molar-refractivity contribution in [3.8, 4) is 0 Å². The van der Waals surface area contributed by atoms with Gasteiger partial charge in [0.15, 0.2) is 5.78 Å². The number of nitrogens with two attached hydrogens (primary N) is 2. The first-order chi connectivity index (χ1) is 13.8. The van der Waals surface area contributed by atoms with E-state index in [1.807, 2.05) is 0 Å². The molecule has 0 aliphatic heterocycles. The molecular formula is C19H16N4O5S. The van der Waals surface area contributed by atoms with E-state index in [4.69, 9.17) is 15.9 Å². The Labute approximate surface area is 165 Å². The lowest BCUT2D eigenvalue weighted by Crippen LogP contribution is -2.24. The lowest BCUT2D eigenvalue weighted by Gasteiger charge is -2.03. The topological polar surface area (TPSA) is 158 Å². The first-order valence-electron chi connectivity index (χ1n) is 8.22. The number of hydrogen-bond acceptors (Lipinski definition) is 6. The summed E-state index contributed by atoms with van der Waals surface area (Å²) in [4.78, 5) is 24.2. The zero-order valence-electron chi connectivity index (χ0n) is 14.9. The number of para-hydroxylation sites is 1. The van der Waals surface area contributed by atoms with Gasteiger partial charge in [0.25, 0.3) is 10.0 Å². The second kappa shape index (κ2) is 7.98. The molecule has 0 aliphatic rings. The molecule has 9 nitrogen and oxygen atoms in total. The normalized spacial score (nSPS) is 11.4. The fourth-order valence-corrected chi connectivity index (χ4v) is 3.31. The maximum Gasteiger partial charge on any atom is 0.347 e. The Morgan fingerprint density at radius 3 is 2.45 bits per heavy atom. The molecule has 2 aromatic carbocycles. The van der Waals surface area contributed by atoms with E-state index in [0.29, 0.717) is 16.7 Å². The predicted molar refractivity (Wildman–Crippen MR) is 109 cm³/mol. The quantitative estimate of drug-likeness (QED) is 0.181. The molecule has 0 spiro atoms. The number of rotatable bonds is 6. The Bertz CT molecular complexity index is 1290. The summed E-state index contributed by atoms with van der Waals surface area (Å²) < 4.78 is 32.1. The molecule has 1 heterocycles. The van der Waals surface area contributed by atoms with Gasteiger partial charge in [-0.05, 0) is 36.4 Å². The number of carbonyl (C=O) groups is 1. The molecule has 148 valence electrons. The fourth-order valence-electron chi connectivity index (χ4n) is 2.45. The molecule has 10 heteroatoms. The van der Waals surface area contributed by atoms with Crippen LogP contribution in [0.4, 0.5) is 5.69 Å². The Balaban J connectivity index is 1.73. The van der Waals surface area contributed by atoms with Gasteiger partial charge in [0.2, 0.25) is 5.96 Å². The minimum atomic E-state index is -3.98. The molecule has 0 fully saturated rings. The van der Waals surface area contributed by atoms with Crippen LogP contribution in [0.25, 0.3) is 11.0 Å². The third-order valence-electron chi connectivity index (χ3n) is 3.77. The highest BCUT2D eigenvalue weighted by atomic mass is 32.2. The third kappa shape index (κ3) is 4.68. The van der Waals surface area contributed by atoms with E-state index < -0.39 is 27.4 Å². The smallest absolute Gasteiger partial charge is 0.347 e. The van der Waals surface area contributed by atoms with Crippen LogP contribution in [0, 0.1) is 0 Å². The van der Waals surface area contributed by atoms with Gasteiger partial charge < -0.3 is 21.2 Å². The van der Waals surface area contributed by atoms with Crippen molar-refractivity contribution < 1.29 is 17.6 Å². The van der Waals surface area contributed by atoms with Crippen LogP contribution in [0.1, 0.15) is 10.4 Å². The molecule has 1 aromatic heterocycles. The first-order valence-corrected chi connectivity index (χ1v) is 9.66. The lowest BCUT2D eigenvalue weighted by molar-refractivity contribution is 0.104. The van der Waals surface area contributed by atoms with Gasteiger partial charge in [-0.1, -0.05) is 18.2 Å². The molecular weight excluding hydrogens is 396 g/mol. The number of carbonyl (C=O) groups excluding carboxylic acids is 1. The summed E-state index contributed by atoms with van der Waals surface area (Å²) in [6.45, 7) is 0. The second-order valence-corrected chi connectivity index (χ2v) is 7.45. The van der Waals surface area contributed by atoms with Crippen molar-refractivity contribution in [1.29, 1.82) is 0 Å². The number of ketones is 1. The number of anilines is 1. The van der Waals surface area contributed by atoms with Gasteiger partial charge in [0.1, 0.15) is 11.1 Å². The predicted octanol–water partition coefficient (Wildman–Crippen LogP) is 1.56. The minimum Gasteiger partial charge on any atom is -0.422 e. The highest BCUT2D eigenvalue weighted by Crippen LogP contribution is 2.16. The number of fused-ring (bicyclic) bond motifs is 1. The highest BCUT2D eigenvalue weighted by Gasteiger charge is 2.13. The van der Waals surface area contributed by atoms with Gasteiger partial charge in [0.05, 0.1) is 4.90 Å². The zero-order chi connectivity index (χ0) is 21.0.